The molecule has 0 aliphatic heterocycles. The highest BCUT2D eigenvalue weighted by molar-refractivity contribution is 5.98. The number of urea groups is 1. The van der Waals surface area contributed by atoms with Gasteiger partial charge in [-0.15, -0.1) is 0 Å². The molecule has 0 radical (unpaired) electrons. The summed E-state index contributed by atoms with van der Waals surface area (Å²) in [4.78, 5) is 34.1. The number of amides is 3. The number of nitrogens with two attached hydrogens (primary N) is 1. The number of benzene rings is 1. The minimum Gasteiger partial charge on any atom is -0.449 e. The second-order valence-corrected chi connectivity index (χ2v) is 3.74. The van der Waals surface area contributed by atoms with Gasteiger partial charge in [0.2, 0.25) is 0 Å². The lowest BCUT2D eigenvalue weighted by Gasteiger charge is -2.12. The third-order valence-corrected chi connectivity index (χ3v) is 2.26. The van der Waals surface area contributed by atoms with Crippen molar-refractivity contribution in [3.63, 3.8) is 0 Å². The van der Waals surface area contributed by atoms with Crippen LogP contribution in [0.2, 0.25) is 0 Å². The number of hydrogen-bond acceptors (Lipinski definition) is 5. The summed E-state index contributed by atoms with van der Waals surface area (Å²) >= 11 is 0. The number of anilines is 1. The molecule has 1 rings (SSSR count). The van der Waals surface area contributed by atoms with Gasteiger partial charge in [-0.2, -0.15) is 0 Å². The van der Waals surface area contributed by atoms with Crippen LogP contribution in [0.3, 0.4) is 0 Å². The van der Waals surface area contributed by atoms with E-state index in [4.69, 9.17) is 10.5 Å². The van der Waals surface area contributed by atoms with E-state index in [9.17, 15) is 14.4 Å². The summed E-state index contributed by atoms with van der Waals surface area (Å²) < 4.78 is 4.91. The zero-order valence-corrected chi connectivity index (χ0v) is 10.6. The minimum atomic E-state index is -1.08. The van der Waals surface area contributed by atoms with Crippen LogP contribution in [0.1, 0.15) is 17.3 Å². The normalized spacial score (nSPS) is 11.3. The van der Waals surface area contributed by atoms with Gasteiger partial charge >= 0.3 is 12.0 Å². The van der Waals surface area contributed by atoms with Crippen molar-refractivity contribution in [1.29, 1.82) is 0 Å². The lowest BCUT2D eigenvalue weighted by Crippen LogP contribution is -2.43. The summed E-state index contributed by atoms with van der Waals surface area (Å²) in [5, 5.41) is 4.23. The van der Waals surface area contributed by atoms with Crippen molar-refractivity contribution < 1.29 is 19.1 Å². The molecule has 0 saturated heterocycles. The monoisotopic (exact) mass is 265 g/mol. The molecular formula is C12H15N3O4. The van der Waals surface area contributed by atoms with Crippen LogP contribution in [-0.4, -0.2) is 31.1 Å². The van der Waals surface area contributed by atoms with Crippen LogP contribution in [0.4, 0.5) is 10.5 Å². The summed E-state index contributed by atoms with van der Waals surface area (Å²) in [6.07, 6.45) is -1.08. The van der Waals surface area contributed by atoms with Gasteiger partial charge in [0, 0.05) is 12.7 Å². The first-order valence-corrected chi connectivity index (χ1v) is 5.53. The zero-order chi connectivity index (χ0) is 14.4. The summed E-state index contributed by atoms with van der Waals surface area (Å²) in [7, 11) is 1.37. The second kappa shape index (κ2) is 6.39. The Morgan fingerprint density at radius 3 is 2.32 bits per heavy atom. The third kappa shape index (κ3) is 4.30. The number of carbonyl (C=O) groups is 3. The first kappa shape index (κ1) is 14.5. The Morgan fingerprint density at radius 1 is 1.21 bits per heavy atom. The van der Waals surface area contributed by atoms with Gasteiger partial charge in [-0.05, 0) is 31.2 Å². The maximum absolute atomic E-state index is 11.7. The Bertz CT molecular complexity index is 484. The van der Waals surface area contributed by atoms with Crippen molar-refractivity contribution in [2.75, 3.05) is 12.8 Å². The summed E-state index contributed by atoms with van der Waals surface area (Å²) in [5.41, 5.74) is 6.27. The lowest BCUT2D eigenvalue weighted by atomic mass is 10.2. The number of ether oxygens (including phenoxy) is 1. The summed E-state index contributed by atoms with van der Waals surface area (Å²) in [5.74, 6) is -1.37. The van der Waals surface area contributed by atoms with Crippen molar-refractivity contribution in [1.82, 2.24) is 10.6 Å². The molecule has 1 aromatic rings. The van der Waals surface area contributed by atoms with Crippen LogP contribution in [0.15, 0.2) is 24.3 Å². The second-order valence-electron chi connectivity index (χ2n) is 3.74. The molecule has 0 bridgehead atoms. The molecule has 19 heavy (non-hydrogen) atoms. The Balaban J connectivity index is 2.59. The number of nitrogens with one attached hydrogen (secondary N) is 2. The van der Waals surface area contributed by atoms with Crippen LogP contribution < -0.4 is 16.4 Å². The number of imide groups is 1. The van der Waals surface area contributed by atoms with E-state index in [2.05, 4.69) is 5.32 Å². The van der Waals surface area contributed by atoms with Crippen molar-refractivity contribution in [2.24, 2.45) is 0 Å². The highest BCUT2D eigenvalue weighted by Crippen LogP contribution is 2.08. The SMILES string of the molecule is CNC(=O)NC(=O)[C@H](C)OC(=O)c1ccc(N)cc1. The maximum atomic E-state index is 11.7. The van der Waals surface area contributed by atoms with E-state index in [1.54, 1.807) is 12.1 Å². The fraction of sp³-hybridized carbons (Fsp3) is 0.250. The molecule has 4 N–H and O–H groups in total. The molecule has 0 saturated carbocycles. The van der Waals surface area contributed by atoms with Crippen molar-refractivity contribution in [2.45, 2.75) is 13.0 Å². The molecule has 0 spiro atoms. The van der Waals surface area contributed by atoms with Crippen LogP contribution in [0.25, 0.3) is 0 Å². The molecule has 7 heteroatoms. The first-order valence-electron chi connectivity index (χ1n) is 5.53. The van der Waals surface area contributed by atoms with E-state index in [-0.39, 0.29) is 5.56 Å². The number of esters is 1. The fourth-order valence-electron chi connectivity index (χ4n) is 1.18. The molecule has 7 nitrogen and oxygen atoms in total. The minimum absolute atomic E-state index is 0.272. The molecule has 102 valence electrons. The number of rotatable bonds is 3. The number of hydrogen-bond donors (Lipinski definition) is 3. The van der Waals surface area contributed by atoms with E-state index in [1.165, 1.54) is 26.1 Å². The molecule has 0 aliphatic rings. The Hall–Kier alpha value is -2.57. The van der Waals surface area contributed by atoms with E-state index in [1.807, 2.05) is 5.32 Å². The van der Waals surface area contributed by atoms with Crippen molar-refractivity contribution in [3.05, 3.63) is 29.8 Å². The Morgan fingerprint density at radius 2 is 1.79 bits per heavy atom. The summed E-state index contributed by atoms with van der Waals surface area (Å²) in [6.45, 7) is 1.37. The smallest absolute Gasteiger partial charge is 0.338 e. The van der Waals surface area contributed by atoms with E-state index in [0.717, 1.165) is 0 Å². The molecule has 0 aliphatic carbocycles. The van der Waals surface area contributed by atoms with Gasteiger partial charge < -0.3 is 15.8 Å². The summed E-state index contributed by atoms with van der Waals surface area (Å²) in [6, 6.07) is 5.40. The predicted molar refractivity (Wildman–Crippen MR) is 68.3 cm³/mol. The van der Waals surface area contributed by atoms with E-state index < -0.39 is 24.0 Å². The highest BCUT2D eigenvalue weighted by Gasteiger charge is 2.20. The standard InChI is InChI=1S/C12H15N3O4/c1-7(10(16)15-12(18)14-2)19-11(17)8-3-5-9(13)6-4-8/h3-7H,13H2,1-2H3,(H2,14,15,16,18)/t7-/m0/s1. The molecule has 0 aromatic heterocycles. The van der Waals surface area contributed by atoms with E-state index >= 15 is 0 Å². The fourth-order valence-corrected chi connectivity index (χ4v) is 1.18. The molecule has 1 aromatic carbocycles. The van der Waals surface area contributed by atoms with Crippen LogP contribution in [0.5, 0.6) is 0 Å². The van der Waals surface area contributed by atoms with E-state index in [0.29, 0.717) is 5.69 Å². The van der Waals surface area contributed by atoms with Gasteiger partial charge in [-0.25, -0.2) is 9.59 Å². The Labute approximate surface area is 110 Å². The van der Waals surface area contributed by atoms with Gasteiger partial charge in [-0.1, -0.05) is 0 Å². The average molecular weight is 265 g/mol. The van der Waals surface area contributed by atoms with Gasteiger partial charge in [0.15, 0.2) is 6.10 Å². The molecular weight excluding hydrogens is 250 g/mol. The van der Waals surface area contributed by atoms with Gasteiger partial charge in [0.25, 0.3) is 5.91 Å². The number of nitrogen functional groups attached to an aromatic ring is 1. The largest absolute Gasteiger partial charge is 0.449 e. The first-order chi connectivity index (χ1) is 8.93. The zero-order valence-electron chi connectivity index (χ0n) is 10.6. The number of carbonyl (C=O) groups excluding carboxylic acids is 3. The van der Waals surface area contributed by atoms with Gasteiger partial charge in [-0.3, -0.25) is 10.1 Å². The van der Waals surface area contributed by atoms with Crippen LogP contribution in [0, 0.1) is 0 Å². The van der Waals surface area contributed by atoms with Crippen molar-refractivity contribution in [3.8, 4) is 0 Å². The quantitative estimate of drug-likeness (QED) is 0.536. The van der Waals surface area contributed by atoms with Gasteiger partial charge in [0.05, 0.1) is 5.56 Å². The van der Waals surface area contributed by atoms with Crippen molar-refractivity contribution >= 4 is 23.6 Å². The lowest BCUT2D eigenvalue weighted by molar-refractivity contribution is -0.127. The third-order valence-electron chi connectivity index (χ3n) is 2.26. The topological polar surface area (TPSA) is 111 Å². The van der Waals surface area contributed by atoms with Crippen LogP contribution in [-0.2, 0) is 9.53 Å². The molecule has 3 amide bonds. The van der Waals surface area contributed by atoms with Crippen LogP contribution >= 0.6 is 0 Å². The average Bonchev–Trinajstić information content (AvgIpc) is 2.38. The molecule has 0 fully saturated rings. The van der Waals surface area contributed by atoms with Gasteiger partial charge in [0.1, 0.15) is 0 Å². The maximum Gasteiger partial charge on any atom is 0.338 e. The predicted octanol–water partition coefficient (Wildman–Crippen LogP) is 0.270. The Kier molecular flexibility index (Phi) is 4.87. The molecule has 0 heterocycles. The molecule has 1 atom stereocenters. The highest BCUT2D eigenvalue weighted by atomic mass is 16.5. The molecule has 0 unspecified atom stereocenters.